The van der Waals surface area contributed by atoms with Crippen molar-refractivity contribution in [1.29, 1.82) is 0 Å². The summed E-state index contributed by atoms with van der Waals surface area (Å²) in [6, 6.07) is 4.81. The number of pyridine rings is 1. The van der Waals surface area contributed by atoms with Gasteiger partial charge < -0.3 is 14.2 Å². The number of esters is 1. The molecule has 1 rings (SSSR count). The Hall–Kier alpha value is -1.17. The standard InChI is InChI=1S/C12H16ClNO4/c1-16-8-9-17-6-3-7-18-12(15)10-4-2-5-11(13)14-10/h2,4-5H,3,6-9H2,1H3. The van der Waals surface area contributed by atoms with E-state index in [9.17, 15) is 4.79 Å². The van der Waals surface area contributed by atoms with Crippen LogP contribution in [0.4, 0.5) is 0 Å². The van der Waals surface area contributed by atoms with Gasteiger partial charge in [-0.2, -0.15) is 0 Å². The van der Waals surface area contributed by atoms with E-state index in [1.165, 1.54) is 0 Å². The Morgan fingerprint density at radius 3 is 2.83 bits per heavy atom. The zero-order valence-corrected chi connectivity index (χ0v) is 11.0. The summed E-state index contributed by atoms with van der Waals surface area (Å²) in [5, 5.41) is 0.271. The number of hydrogen-bond donors (Lipinski definition) is 0. The highest BCUT2D eigenvalue weighted by Crippen LogP contribution is 2.06. The monoisotopic (exact) mass is 273 g/mol. The van der Waals surface area contributed by atoms with Crippen molar-refractivity contribution >= 4 is 17.6 Å². The smallest absolute Gasteiger partial charge is 0.356 e. The number of methoxy groups -OCH3 is 1. The minimum absolute atomic E-state index is 0.211. The first kappa shape index (κ1) is 14.9. The molecule has 1 heterocycles. The predicted molar refractivity (Wildman–Crippen MR) is 66.8 cm³/mol. The zero-order chi connectivity index (χ0) is 13.2. The van der Waals surface area contributed by atoms with Crippen LogP contribution in [0, 0.1) is 0 Å². The number of halogens is 1. The molecule has 5 nitrogen and oxygen atoms in total. The van der Waals surface area contributed by atoms with Crippen LogP contribution in [0.3, 0.4) is 0 Å². The third-order valence-electron chi connectivity index (χ3n) is 2.02. The molecule has 0 saturated heterocycles. The van der Waals surface area contributed by atoms with Gasteiger partial charge in [-0.3, -0.25) is 0 Å². The first-order valence-corrected chi connectivity index (χ1v) is 5.98. The summed E-state index contributed by atoms with van der Waals surface area (Å²) in [6.07, 6.45) is 0.635. The van der Waals surface area contributed by atoms with Gasteiger partial charge in [-0.25, -0.2) is 9.78 Å². The maximum Gasteiger partial charge on any atom is 0.356 e. The van der Waals surface area contributed by atoms with Crippen molar-refractivity contribution in [3.8, 4) is 0 Å². The number of carbonyl (C=O) groups is 1. The van der Waals surface area contributed by atoms with Crippen molar-refractivity contribution in [3.05, 3.63) is 29.0 Å². The first-order chi connectivity index (χ1) is 8.74. The van der Waals surface area contributed by atoms with E-state index >= 15 is 0 Å². The van der Waals surface area contributed by atoms with E-state index < -0.39 is 5.97 Å². The molecule has 1 aromatic heterocycles. The van der Waals surface area contributed by atoms with Crippen LogP contribution in [0.5, 0.6) is 0 Å². The number of rotatable bonds is 8. The van der Waals surface area contributed by atoms with Gasteiger partial charge in [0.05, 0.1) is 19.8 Å². The lowest BCUT2D eigenvalue weighted by Crippen LogP contribution is -2.11. The number of hydrogen-bond acceptors (Lipinski definition) is 5. The molecule has 0 bridgehead atoms. The van der Waals surface area contributed by atoms with E-state index in [1.807, 2.05) is 0 Å². The Balaban J connectivity index is 2.14. The molecule has 0 aliphatic rings. The fraction of sp³-hybridized carbons (Fsp3) is 0.500. The molecule has 100 valence electrons. The van der Waals surface area contributed by atoms with Gasteiger partial charge in [0.1, 0.15) is 10.8 Å². The fourth-order valence-electron chi connectivity index (χ4n) is 1.17. The second kappa shape index (κ2) is 8.85. The Morgan fingerprint density at radius 2 is 2.11 bits per heavy atom. The molecule has 0 unspecified atom stereocenters. The number of nitrogens with zero attached hydrogens (tertiary/aromatic N) is 1. The number of aromatic nitrogens is 1. The molecule has 0 aliphatic heterocycles. The van der Waals surface area contributed by atoms with Crippen LogP contribution < -0.4 is 0 Å². The highest BCUT2D eigenvalue weighted by molar-refractivity contribution is 6.29. The maximum atomic E-state index is 11.5. The van der Waals surface area contributed by atoms with Crippen LogP contribution in [0.15, 0.2) is 18.2 Å². The van der Waals surface area contributed by atoms with Crippen LogP contribution in [-0.4, -0.2) is 44.5 Å². The summed E-state index contributed by atoms with van der Waals surface area (Å²) in [6.45, 7) is 1.92. The highest BCUT2D eigenvalue weighted by Gasteiger charge is 2.08. The van der Waals surface area contributed by atoms with Crippen molar-refractivity contribution in [3.63, 3.8) is 0 Å². The summed E-state index contributed by atoms with van der Waals surface area (Å²) in [7, 11) is 1.61. The molecular formula is C12H16ClNO4. The first-order valence-electron chi connectivity index (χ1n) is 5.60. The van der Waals surface area contributed by atoms with Gasteiger partial charge in [0.15, 0.2) is 0 Å². The summed E-state index contributed by atoms with van der Waals surface area (Å²) in [5.41, 5.74) is 0.211. The predicted octanol–water partition coefficient (Wildman–Crippen LogP) is 1.94. The van der Waals surface area contributed by atoms with E-state index in [1.54, 1.807) is 25.3 Å². The maximum absolute atomic E-state index is 11.5. The highest BCUT2D eigenvalue weighted by atomic mass is 35.5. The summed E-state index contributed by atoms with van der Waals surface area (Å²) in [4.78, 5) is 15.4. The molecule has 0 N–H and O–H groups in total. The van der Waals surface area contributed by atoms with E-state index in [4.69, 9.17) is 25.8 Å². The van der Waals surface area contributed by atoms with Crippen molar-refractivity contribution in [1.82, 2.24) is 4.98 Å². The molecule has 0 aliphatic carbocycles. The molecule has 18 heavy (non-hydrogen) atoms. The summed E-state index contributed by atoms with van der Waals surface area (Å²) < 4.78 is 15.1. The SMILES string of the molecule is COCCOCCCOC(=O)c1cccc(Cl)n1. The number of ether oxygens (including phenoxy) is 3. The minimum atomic E-state index is -0.477. The average molecular weight is 274 g/mol. The Labute approximate surface area is 111 Å². The lowest BCUT2D eigenvalue weighted by atomic mass is 10.3. The third-order valence-corrected chi connectivity index (χ3v) is 2.23. The van der Waals surface area contributed by atoms with Crippen LogP contribution >= 0.6 is 11.6 Å². The van der Waals surface area contributed by atoms with Gasteiger partial charge in [-0.15, -0.1) is 0 Å². The van der Waals surface area contributed by atoms with E-state index in [0.717, 1.165) is 0 Å². The van der Waals surface area contributed by atoms with Gasteiger partial charge >= 0.3 is 5.97 Å². The summed E-state index contributed by atoms with van der Waals surface area (Å²) in [5.74, 6) is -0.477. The van der Waals surface area contributed by atoms with Crippen molar-refractivity contribution < 1.29 is 19.0 Å². The Morgan fingerprint density at radius 1 is 1.28 bits per heavy atom. The van der Waals surface area contributed by atoms with Gasteiger partial charge in [0, 0.05) is 20.1 Å². The van der Waals surface area contributed by atoms with Crippen LogP contribution in [-0.2, 0) is 14.2 Å². The molecule has 0 atom stereocenters. The number of carbonyl (C=O) groups excluding carboxylic acids is 1. The molecular weight excluding hydrogens is 258 g/mol. The lowest BCUT2D eigenvalue weighted by molar-refractivity contribution is 0.0380. The Bertz CT molecular complexity index is 373. The molecule has 0 amide bonds. The third kappa shape index (κ3) is 5.95. The van der Waals surface area contributed by atoms with Gasteiger partial charge in [-0.05, 0) is 12.1 Å². The molecule has 0 fully saturated rings. The molecule has 0 saturated carbocycles. The summed E-state index contributed by atoms with van der Waals surface area (Å²) >= 11 is 5.67. The van der Waals surface area contributed by atoms with Crippen molar-refractivity contribution in [2.45, 2.75) is 6.42 Å². The fourth-order valence-corrected chi connectivity index (χ4v) is 1.33. The quantitative estimate of drug-likeness (QED) is 0.412. The van der Waals surface area contributed by atoms with Gasteiger partial charge in [0.25, 0.3) is 0 Å². The minimum Gasteiger partial charge on any atom is -0.461 e. The molecule has 0 radical (unpaired) electrons. The van der Waals surface area contributed by atoms with Crippen LogP contribution in [0.2, 0.25) is 5.15 Å². The van der Waals surface area contributed by atoms with E-state index in [0.29, 0.717) is 32.8 Å². The molecule has 0 spiro atoms. The van der Waals surface area contributed by atoms with Crippen molar-refractivity contribution in [2.75, 3.05) is 33.5 Å². The molecule has 1 aromatic rings. The van der Waals surface area contributed by atoms with Crippen molar-refractivity contribution in [2.24, 2.45) is 0 Å². The normalized spacial score (nSPS) is 10.3. The second-order valence-electron chi connectivity index (χ2n) is 3.44. The molecule has 0 aromatic carbocycles. The topological polar surface area (TPSA) is 57.7 Å². The van der Waals surface area contributed by atoms with Gasteiger partial charge in [-0.1, -0.05) is 17.7 Å². The molecule has 6 heteroatoms. The zero-order valence-electron chi connectivity index (χ0n) is 10.2. The van der Waals surface area contributed by atoms with Crippen LogP contribution in [0.1, 0.15) is 16.9 Å². The van der Waals surface area contributed by atoms with Gasteiger partial charge in [0.2, 0.25) is 0 Å². The largest absolute Gasteiger partial charge is 0.461 e. The van der Waals surface area contributed by atoms with Crippen LogP contribution in [0.25, 0.3) is 0 Å². The Kier molecular flexibility index (Phi) is 7.32. The van der Waals surface area contributed by atoms with E-state index in [-0.39, 0.29) is 10.8 Å². The second-order valence-corrected chi connectivity index (χ2v) is 3.83. The lowest BCUT2D eigenvalue weighted by Gasteiger charge is -2.05. The van der Waals surface area contributed by atoms with E-state index in [2.05, 4.69) is 4.98 Å². The average Bonchev–Trinajstić information content (AvgIpc) is 2.37.